The van der Waals surface area contributed by atoms with Crippen LogP contribution in [-0.4, -0.2) is 29.1 Å². The highest BCUT2D eigenvalue weighted by Gasteiger charge is 2.50. The molecule has 0 spiro atoms. The van der Waals surface area contributed by atoms with Crippen molar-refractivity contribution in [2.45, 2.75) is 18.2 Å². The summed E-state index contributed by atoms with van der Waals surface area (Å²) in [4.78, 5) is 26.4. The van der Waals surface area contributed by atoms with Gasteiger partial charge >= 0.3 is 0 Å². The van der Waals surface area contributed by atoms with Crippen LogP contribution < -0.4 is 5.32 Å². The molecule has 1 aliphatic rings. The second-order valence-corrected chi connectivity index (χ2v) is 7.26. The Kier molecular flexibility index (Phi) is 5.02. The molecule has 0 aliphatic carbocycles. The summed E-state index contributed by atoms with van der Waals surface area (Å²) in [6, 6.07) is 19.5. The molecule has 0 aromatic heterocycles. The molecule has 124 valence electrons. The van der Waals surface area contributed by atoms with Gasteiger partial charge in [-0.3, -0.25) is 14.5 Å². The van der Waals surface area contributed by atoms with Crippen LogP contribution in [0, 0.1) is 0 Å². The summed E-state index contributed by atoms with van der Waals surface area (Å²) in [5, 5.41) is 3.11. The van der Waals surface area contributed by atoms with Crippen LogP contribution in [0.2, 0.25) is 0 Å². The Morgan fingerprint density at radius 2 is 1.62 bits per heavy atom. The first-order chi connectivity index (χ1) is 11.6. The molecule has 0 saturated carbocycles. The highest BCUT2D eigenvalue weighted by molar-refractivity contribution is 8.15. The summed E-state index contributed by atoms with van der Waals surface area (Å²) in [6.45, 7) is 3.52. The zero-order valence-corrected chi connectivity index (χ0v) is 14.4. The van der Waals surface area contributed by atoms with Crippen LogP contribution in [0.25, 0.3) is 0 Å². The third-order valence-corrected chi connectivity index (χ3v) is 5.39. The predicted octanol–water partition coefficient (Wildman–Crippen LogP) is 3.39. The Hall–Kier alpha value is -2.11. The molecule has 5 heteroatoms. The van der Waals surface area contributed by atoms with Crippen molar-refractivity contribution < 1.29 is 9.59 Å². The van der Waals surface area contributed by atoms with E-state index in [2.05, 4.69) is 5.32 Å². The minimum Gasteiger partial charge on any atom is -0.311 e. The van der Waals surface area contributed by atoms with E-state index in [1.165, 1.54) is 10.5 Å². The van der Waals surface area contributed by atoms with Gasteiger partial charge in [0.2, 0.25) is 0 Å². The lowest BCUT2D eigenvalue weighted by atomic mass is 9.99. The standard InChI is InChI=1S/C19H20N2O2S/c1-19(16-10-6-3-7-11-16)17(22)21(18(23)24-19)13-12-20-14-15-8-4-2-5-9-15/h2-11,20H,12-14H2,1H3. The number of amides is 2. The number of nitrogens with zero attached hydrogens (tertiary/aromatic N) is 1. The number of imide groups is 1. The quantitative estimate of drug-likeness (QED) is 0.819. The number of nitrogens with one attached hydrogen (secondary N) is 1. The molecule has 4 nitrogen and oxygen atoms in total. The van der Waals surface area contributed by atoms with Crippen LogP contribution in [-0.2, 0) is 16.1 Å². The first-order valence-corrected chi connectivity index (χ1v) is 8.78. The van der Waals surface area contributed by atoms with E-state index in [4.69, 9.17) is 0 Å². The predicted molar refractivity (Wildman–Crippen MR) is 96.6 cm³/mol. The summed E-state index contributed by atoms with van der Waals surface area (Å²) < 4.78 is -0.822. The van der Waals surface area contributed by atoms with Crippen molar-refractivity contribution >= 4 is 22.9 Å². The minimum absolute atomic E-state index is 0.134. The van der Waals surface area contributed by atoms with Gasteiger partial charge < -0.3 is 5.32 Å². The number of rotatable bonds is 6. The molecule has 0 bridgehead atoms. The first-order valence-electron chi connectivity index (χ1n) is 7.96. The summed E-state index contributed by atoms with van der Waals surface area (Å²) >= 11 is 1.10. The van der Waals surface area contributed by atoms with Crippen LogP contribution in [0.1, 0.15) is 18.1 Å². The monoisotopic (exact) mass is 340 g/mol. The fraction of sp³-hybridized carbons (Fsp3) is 0.263. The van der Waals surface area contributed by atoms with E-state index < -0.39 is 4.75 Å². The number of hydrogen-bond acceptors (Lipinski definition) is 4. The Morgan fingerprint density at radius 1 is 1.00 bits per heavy atom. The number of thioether (sulfide) groups is 1. The number of carbonyl (C=O) groups excluding carboxylic acids is 2. The third-order valence-electron chi connectivity index (χ3n) is 4.17. The van der Waals surface area contributed by atoms with Crippen LogP contribution >= 0.6 is 11.8 Å². The van der Waals surface area contributed by atoms with Crippen molar-refractivity contribution in [3.63, 3.8) is 0 Å². The number of carbonyl (C=O) groups is 2. The fourth-order valence-electron chi connectivity index (χ4n) is 2.76. The zero-order valence-electron chi connectivity index (χ0n) is 13.6. The third kappa shape index (κ3) is 3.37. The van der Waals surface area contributed by atoms with E-state index in [9.17, 15) is 9.59 Å². The second kappa shape index (κ2) is 7.20. The van der Waals surface area contributed by atoms with E-state index in [-0.39, 0.29) is 11.1 Å². The van der Waals surface area contributed by atoms with Crippen molar-refractivity contribution in [1.29, 1.82) is 0 Å². The van der Waals surface area contributed by atoms with Gasteiger partial charge in [-0.15, -0.1) is 0 Å². The Morgan fingerprint density at radius 3 is 2.29 bits per heavy atom. The lowest BCUT2D eigenvalue weighted by Crippen LogP contribution is -2.39. The molecule has 1 N–H and O–H groups in total. The molecular weight excluding hydrogens is 320 g/mol. The van der Waals surface area contributed by atoms with Gasteiger partial charge in [0.05, 0.1) is 0 Å². The number of benzene rings is 2. The van der Waals surface area contributed by atoms with Gasteiger partial charge in [-0.25, -0.2) is 0 Å². The van der Waals surface area contributed by atoms with Gasteiger partial charge in [0, 0.05) is 19.6 Å². The molecule has 2 amide bonds. The molecule has 2 aromatic carbocycles. The van der Waals surface area contributed by atoms with Gasteiger partial charge in [0.15, 0.2) is 0 Å². The Labute approximate surface area is 146 Å². The van der Waals surface area contributed by atoms with Crippen molar-refractivity contribution in [2.75, 3.05) is 13.1 Å². The van der Waals surface area contributed by atoms with Gasteiger partial charge in [0.25, 0.3) is 11.1 Å². The average molecular weight is 340 g/mol. The van der Waals surface area contributed by atoms with Crippen molar-refractivity contribution in [1.82, 2.24) is 10.2 Å². The minimum atomic E-state index is -0.822. The van der Waals surface area contributed by atoms with Crippen LogP contribution in [0.4, 0.5) is 4.79 Å². The topological polar surface area (TPSA) is 49.4 Å². The SMILES string of the molecule is CC1(c2ccccc2)SC(=O)N(CCNCc2ccccc2)C1=O. The summed E-state index contributed by atoms with van der Waals surface area (Å²) in [5.74, 6) is -0.134. The summed E-state index contributed by atoms with van der Waals surface area (Å²) in [5.41, 5.74) is 2.05. The van der Waals surface area contributed by atoms with Crippen molar-refractivity contribution in [3.05, 3.63) is 71.8 Å². The molecule has 1 aliphatic heterocycles. The van der Waals surface area contributed by atoms with Gasteiger partial charge in [-0.1, -0.05) is 60.7 Å². The smallest absolute Gasteiger partial charge is 0.289 e. The molecule has 3 rings (SSSR count). The van der Waals surface area contributed by atoms with Gasteiger partial charge in [0.1, 0.15) is 4.75 Å². The van der Waals surface area contributed by atoms with E-state index in [0.717, 1.165) is 23.9 Å². The molecule has 2 aromatic rings. The maximum atomic E-state index is 12.8. The van der Waals surface area contributed by atoms with E-state index >= 15 is 0 Å². The maximum absolute atomic E-state index is 12.8. The normalized spacial score (nSPS) is 20.6. The maximum Gasteiger partial charge on any atom is 0.289 e. The molecular formula is C19H20N2O2S. The molecule has 1 unspecified atom stereocenters. The van der Waals surface area contributed by atoms with Crippen LogP contribution in [0.3, 0.4) is 0 Å². The van der Waals surface area contributed by atoms with E-state index in [0.29, 0.717) is 13.1 Å². The lowest BCUT2D eigenvalue weighted by molar-refractivity contribution is -0.129. The van der Waals surface area contributed by atoms with Gasteiger partial charge in [-0.05, 0) is 29.8 Å². The molecule has 1 atom stereocenters. The van der Waals surface area contributed by atoms with Gasteiger partial charge in [-0.2, -0.15) is 0 Å². The van der Waals surface area contributed by atoms with Crippen LogP contribution in [0.15, 0.2) is 60.7 Å². The molecule has 24 heavy (non-hydrogen) atoms. The second-order valence-electron chi connectivity index (χ2n) is 5.89. The Balaban J connectivity index is 1.59. The van der Waals surface area contributed by atoms with E-state index in [1.807, 2.05) is 67.6 Å². The highest BCUT2D eigenvalue weighted by atomic mass is 32.2. The average Bonchev–Trinajstić information content (AvgIpc) is 2.84. The first kappa shape index (κ1) is 16.7. The van der Waals surface area contributed by atoms with Crippen LogP contribution in [0.5, 0.6) is 0 Å². The highest BCUT2D eigenvalue weighted by Crippen LogP contribution is 2.44. The molecule has 1 heterocycles. The summed E-state index contributed by atoms with van der Waals surface area (Å²) in [7, 11) is 0. The lowest BCUT2D eigenvalue weighted by Gasteiger charge is -2.21. The van der Waals surface area contributed by atoms with Crippen molar-refractivity contribution in [3.8, 4) is 0 Å². The summed E-state index contributed by atoms with van der Waals surface area (Å²) in [6.07, 6.45) is 0. The van der Waals surface area contributed by atoms with E-state index in [1.54, 1.807) is 0 Å². The molecule has 1 fully saturated rings. The Bertz CT molecular complexity index is 721. The molecule has 0 radical (unpaired) electrons. The van der Waals surface area contributed by atoms with Crippen molar-refractivity contribution in [2.24, 2.45) is 0 Å². The largest absolute Gasteiger partial charge is 0.311 e. The molecule has 1 saturated heterocycles. The number of hydrogen-bond donors (Lipinski definition) is 1. The zero-order chi connectivity index (χ0) is 17.0. The fourth-order valence-corrected chi connectivity index (χ4v) is 3.85.